The Labute approximate surface area is 188 Å². The van der Waals surface area contributed by atoms with E-state index < -0.39 is 0 Å². The maximum absolute atomic E-state index is 13.2. The van der Waals surface area contributed by atoms with Crippen LogP contribution >= 0.6 is 0 Å². The van der Waals surface area contributed by atoms with Crippen LogP contribution in [0, 0.1) is 5.92 Å². The molecule has 1 aliphatic heterocycles. The number of rotatable bonds is 7. The predicted molar refractivity (Wildman–Crippen MR) is 125 cm³/mol. The molecular weight excluding hydrogens is 386 g/mol. The first-order valence-electron chi connectivity index (χ1n) is 12.6. The van der Waals surface area contributed by atoms with E-state index in [2.05, 4.69) is 39.4 Å². The summed E-state index contributed by atoms with van der Waals surface area (Å²) in [6, 6.07) is 9.66. The molecule has 5 heteroatoms. The van der Waals surface area contributed by atoms with Gasteiger partial charge in [0.15, 0.2) is 0 Å². The smallest absolute Gasteiger partial charge is 0.237 e. The first-order valence-corrected chi connectivity index (χ1v) is 12.6. The molecule has 1 aromatic carbocycles. The highest BCUT2D eigenvalue weighted by molar-refractivity contribution is 5.79. The summed E-state index contributed by atoms with van der Waals surface area (Å²) in [5.74, 6) is 2.12. The van der Waals surface area contributed by atoms with Crippen molar-refractivity contribution in [2.24, 2.45) is 5.92 Å². The van der Waals surface area contributed by atoms with Crippen LogP contribution in [0.2, 0.25) is 0 Å². The van der Waals surface area contributed by atoms with Crippen LogP contribution in [0.25, 0.3) is 0 Å². The lowest BCUT2D eigenvalue weighted by atomic mass is 9.78. The number of ether oxygens (including phenoxy) is 1. The number of nitrogens with zero attached hydrogens (tertiary/aromatic N) is 2. The zero-order valence-corrected chi connectivity index (χ0v) is 19.5. The van der Waals surface area contributed by atoms with Crippen molar-refractivity contribution in [2.75, 3.05) is 27.2 Å². The second-order valence-corrected chi connectivity index (χ2v) is 9.94. The van der Waals surface area contributed by atoms with Gasteiger partial charge in [0.05, 0.1) is 12.6 Å². The van der Waals surface area contributed by atoms with Crippen molar-refractivity contribution >= 4 is 5.91 Å². The SMILES string of the molecule is CNC.O=C(CN(Cc1ccc(OC2CC2)cc1)C1CC1)N1CCCC2CCCCC21. The lowest BCUT2D eigenvalue weighted by Gasteiger charge is -2.44. The third-order valence-corrected chi connectivity index (χ3v) is 7.10. The Balaban J connectivity index is 0.000000730. The third kappa shape index (κ3) is 6.45. The standard InChI is InChI=1S/C24H34N2O2.C2H7N/c27-24(26-15-3-5-19-4-1-2-6-23(19)26)17-25(20-9-10-20)16-18-7-11-21(12-8-18)28-22-13-14-22;1-3-2/h7-8,11-12,19-20,22-23H,1-6,9-10,13-17H2;3H,1-2H3. The number of hydrogen-bond acceptors (Lipinski definition) is 4. The summed E-state index contributed by atoms with van der Waals surface area (Å²) in [6.45, 7) is 2.45. The molecule has 172 valence electrons. The van der Waals surface area contributed by atoms with Crippen LogP contribution in [0.15, 0.2) is 24.3 Å². The topological polar surface area (TPSA) is 44.8 Å². The van der Waals surface area contributed by atoms with Crippen LogP contribution in [0.4, 0.5) is 0 Å². The third-order valence-electron chi connectivity index (χ3n) is 7.10. The zero-order valence-electron chi connectivity index (χ0n) is 19.5. The Morgan fingerprint density at radius 2 is 1.68 bits per heavy atom. The fourth-order valence-corrected chi connectivity index (χ4v) is 5.24. The van der Waals surface area contributed by atoms with Gasteiger partial charge >= 0.3 is 0 Å². The molecule has 2 unspecified atom stereocenters. The van der Waals surface area contributed by atoms with Crippen molar-refractivity contribution in [3.63, 3.8) is 0 Å². The molecule has 1 aromatic rings. The van der Waals surface area contributed by atoms with Gasteiger partial charge in [-0.25, -0.2) is 0 Å². The number of nitrogens with one attached hydrogen (secondary N) is 1. The highest BCUT2D eigenvalue weighted by Crippen LogP contribution is 2.36. The summed E-state index contributed by atoms with van der Waals surface area (Å²) in [7, 11) is 3.75. The van der Waals surface area contributed by atoms with Crippen LogP contribution in [0.3, 0.4) is 0 Å². The normalized spacial score (nSPS) is 25.5. The summed E-state index contributed by atoms with van der Waals surface area (Å²) in [6.07, 6.45) is 13.0. The van der Waals surface area contributed by atoms with E-state index in [4.69, 9.17) is 4.74 Å². The van der Waals surface area contributed by atoms with Crippen molar-refractivity contribution in [3.8, 4) is 5.75 Å². The van der Waals surface area contributed by atoms with Crippen molar-refractivity contribution < 1.29 is 9.53 Å². The Bertz CT molecular complexity index is 697. The number of amides is 1. The van der Waals surface area contributed by atoms with Gasteiger partial charge in [-0.1, -0.05) is 25.0 Å². The average molecular weight is 428 g/mol. The van der Waals surface area contributed by atoms with Crippen molar-refractivity contribution in [3.05, 3.63) is 29.8 Å². The molecule has 1 heterocycles. The maximum Gasteiger partial charge on any atom is 0.237 e. The van der Waals surface area contributed by atoms with E-state index in [9.17, 15) is 4.79 Å². The van der Waals surface area contributed by atoms with Crippen LogP contribution in [-0.4, -0.2) is 61.1 Å². The number of piperidine rings is 1. The van der Waals surface area contributed by atoms with Gasteiger partial charge in [0.2, 0.25) is 5.91 Å². The Morgan fingerprint density at radius 3 is 2.35 bits per heavy atom. The molecule has 4 aliphatic rings. The second-order valence-electron chi connectivity index (χ2n) is 9.94. The van der Waals surface area contributed by atoms with E-state index in [-0.39, 0.29) is 0 Å². The summed E-state index contributed by atoms with van der Waals surface area (Å²) in [5.41, 5.74) is 1.29. The highest BCUT2D eigenvalue weighted by atomic mass is 16.5. The molecular formula is C26H41N3O2. The quantitative estimate of drug-likeness (QED) is 0.708. The minimum absolute atomic E-state index is 0.372. The monoisotopic (exact) mass is 427 g/mol. The van der Waals surface area contributed by atoms with Gasteiger partial charge in [0.1, 0.15) is 5.75 Å². The molecule has 5 nitrogen and oxygen atoms in total. The number of carbonyl (C=O) groups is 1. The molecule has 1 amide bonds. The fourth-order valence-electron chi connectivity index (χ4n) is 5.24. The molecule has 0 radical (unpaired) electrons. The van der Waals surface area contributed by atoms with Crippen molar-refractivity contribution in [2.45, 2.75) is 88.9 Å². The van der Waals surface area contributed by atoms with Gasteiger partial charge in [0.25, 0.3) is 0 Å². The zero-order chi connectivity index (χ0) is 21.6. The maximum atomic E-state index is 13.2. The van der Waals surface area contributed by atoms with Gasteiger partial charge in [-0.3, -0.25) is 9.69 Å². The van der Waals surface area contributed by atoms with Gasteiger partial charge < -0.3 is 15.0 Å². The Hall–Kier alpha value is -1.59. The molecule has 0 aromatic heterocycles. The second kappa shape index (κ2) is 10.8. The van der Waals surface area contributed by atoms with Gasteiger partial charge in [-0.15, -0.1) is 0 Å². The fraction of sp³-hybridized carbons (Fsp3) is 0.731. The number of likely N-dealkylation sites (tertiary alicyclic amines) is 1. The van der Waals surface area contributed by atoms with Crippen molar-refractivity contribution in [1.29, 1.82) is 0 Å². The van der Waals surface area contributed by atoms with E-state index in [1.807, 2.05) is 14.1 Å². The van der Waals surface area contributed by atoms with E-state index in [0.29, 0.717) is 30.6 Å². The van der Waals surface area contributed by atoms with E-state index >= 15 is 0 Å². The molecule has 3 saturated carbocycles. The molecule has 3 aliphatic carbocycles. The lowest BCUT2D eigenvalue weighted by Crippen LogP contribution is -2.52. The van der Waals surface area contributed by atoms with E-state index in [0.717, 1.165) is 24.8 Å². The summed E-state index contributed by atoms with van der Waals surface area (Å²) < 4.78 is 5.86. The summed E-state index contributed by atoms with van der Waals surface area (Å²) in [4.78, 5) is 17.9. The average Bonchev–Trinajstić information content (AvgIpc) is 3.69. The first-order chi connectivity index (χ1) is 15.2. The molecule has 2 atom stereocenters. The molecule has 0 spiro atoms. The van der Waals surface area contributed by atoms with Crippen molar-refractivity contribution in [1.82, 2.24) is 15.1 Å². The molecule has 31 heavy (non-hydrogen) atoms. The van der Waals surface area contributed by atoms with Gasteiger partial charge in [0, 0.05) is 25.2 Å². The highest BCUT2D eigenvalue weighted by Gasteiger charge is 2.37. The molecule has 5 rings (SSSR count). The minimum Gasteiger partial charge on any atom is -0.490 e. The Morgan fingerprint density at radius 1 is 1.00 bits per heavy atom. The lowest BCUT2D eigenvalue weighted by molar-refractivity contribution is -0.139. The largest absolute Gasteiger partial charge is 0.490 e. The predicted octanol–water partition coefficient (Wildman–Crippen LogP) is 4.21. The molecule has 0 bridgehead atoms. The van der Waals surface area contributed by atoms with E-state index in [1.54, 1.807) is 0 Å². The van der Waals surface area contributed by atoms with Gasteiger partial charge in [-0.2, -0.15) is 0 Å². The number of benzene rings is 1. The minimum atomic E-state index is 0.372. The van der Waals surface area contributed by atoms with E-state index in [1.165, 1.54) is 69.8 Å². The van der Waals surface area contributed by atoms with Gasteiger partial charge in [-0.05, 0) is 89.1 Å². The molecule has 4 fully saturated rings. The van der Waals surface area contributed by atoms with Crippen LogP contribution in [0.5, 0.6) is 5.75 Å². The van der Waals surface area contributed by atoms with Crippen LogP contribution in [-0.2, 0) is 11.3 Å². The van der Waals surface area contributed by atoms with Crippen LogP contribution in [0.1, 0.15) is 69.8 Å². The summed E-state index contributed by atoms with van der Waals surface area (Å²) in [5, 5.41) is 2.75. The molecule has 1 N–H and O–H groups in total. The number of fused-ring (bicyclic) bond motifs is 1. The first kappa shape index (κ1) is 22.6. The Kier molecular flexibility index (Phi) is 7.89. The number of hydrogen-bond donors (Lipinski definition) is 1. The van der Waals surface area contributed by atoms with Crippen LogP contribution < -0.4 is 10.1 Å². The number of carbonyl (C=O) groups excluding carboxylic acids is 1. The molecule has 1 saturated heterocycles. The summed E-state index contributed by atoms with van der Waals surface area (Å²) >= 11 is 0.